The molecule has 0 saturated heterocycles. The Morgan fingerprint density at radius 2 is 1.63 bits per heavy atom. The predicted octanol–water partition coefficient (Wildman–Crippen LogP) is 6.01. The van der Waals surface area contributed by atoms with Crippen LogP contribution in [0.25, 0.3) is 11.0 Å². The van der Waals surface area contributed by atoms with Crippen molar-refractivity contribution in [3.63, 3.8) is 0 Å². The highest BCUT2D eigenvalue weighted by Gasteiger charge is 2.24. The molecule has 0 aliphatic rings. The molecule has 0 spiro atoms. The van der Waals surface area contributed by atoms with Gasteiger partial charge in [0.05, 0.1) is 5.56 Å². The van der Waals surface area contributed by atoms with Crippen LogP contribution in [0.15, 0.2) is 81.0 Å². The molecule has 0 amide bonds. The lowest BCUT2D eigenvalue weighted by atomic mass is 10.1. The zero-order chi connectivity index (χ0) is 25.4. The molecule has 0 N–H and O–H groups in total. The topological polar surface area (TPSA) is 92.0 Å². The van der Waals surface area contributed by atoms with Crippen LogP contribution < -0.4 is 19.8 Å². The predicted molar refractivity (Wildman–Crippen MR) is 133 cm³/mol. The molecular formula is C28H28O7. The van der Waals surface area contributed by atoms with Crippen molar-refractivity contribution < 1.29 is 28.2 Å². The number of hydrogen-bond donors (Lipinski definition) is 0. The van der Waals surface area contributed by atoms with Crippen molar-refractivity contribution in [2.24, 2.45) is 0 Å². The standard InChI is InChI=1S/C28H28O7/c1-18(2)10-8-11-19(3)16-17-32-25-24-22(33-20(4)29)14-9-15-23(24)34-28(31)26(25)35-27(30)21-12-6-5-7-13-21/h5-7,9-10,12-16H,8,11,17H2,1-4H3. The molecule has 0 fully saturated rings. The molecule has 7 heteroatoms. The molecule has 3 rings (SSSR count). The zero-order valence-electron chi connectivity index (χ0n) is 20.3. The van der Waals surface area contributed by atoms with Crippen molar-refractivity contribution in [1.29, 1.82) is 0 Å². The molecule has 35 heavy (non-hydrogen) atoms. The Kier molecular flexibility index (Phi) is 8.62. The Balaban J connectivity index is 2.02. The number of allylic oxidation sites excluding steroid dienone is 3. The van der Waals surface area contributed by atoms with Crippen LogP contribution in [0.2, 0.25) is 0 Å². The Hall–Kier alpha value is -4.13. The summed E-state index contributed by atoms with van der Waals surface area (Å²) in [6, 6.07) is 12.9. The third kappa shape index (κ3) is 6.93. The summed E-state index contributed by atoms with van der Waals surface area (Å²) < 4.78 is 22.1. The number of ether oxygens (including phenoxy) is 3. The van der Waals surface area contributed by atoms with Crippen molar-refractivity contribution >= 4 is 22.9 Å². The van der Waals surface area contributed by atoms with Crippen LogP contribution in [0.3, 0.4) is 0 Å². The van der Waals surface area contributed by atoms with Crippen LogP contribution >= 0.6 is 0 Å². The molecule has 0 saturated carbocycles. The molecule has 3 aromatic rings. The van der Waals surface area contributed by atoms with E-state index in [0.29, 0.717) is 0 Å². The minimum Gasteiger partial charge on any atom is -0.484 e. The second kappa shape index (κ2) is 11.8. The van der Waals surface area contributed by atoms with Gasteiger partial charge in [0, 0.05) is 6.92 Å². The van der Waals surface area contributed by atoms with E-state index < -0.39 is 23.3 Å². The molecule has 2 aromatic carbocycles. The molecule has 1 heterocycles. The number of hydrogen-bond acceptors (Lipinski definition) is 7. The van der Waals surface area contributed by atoms with Crippen molar-refractivity contribution in [3.05, 3.63) is 87.8 Å². The van der Waals surface area contributed by atoms with Gasteiger partial charge < -0.3 is 18.6 Å². The summed E-state index contributed by atoms with van der Waals surface area (Å²) in [4.78, 5) is 37.2. The summed E-state index contributed by atoms with van der Waals surface area (Å²) in [5, 5.41) is 0.216. The lowest BCUT2D eigenvalue weighted by Crippen LogP contribution is -2.16. The Labute approximate surface area is 203 Å². The first kappa shape index (κ1) is 25.5. The van der Waals surface area contributed by atoms with Crippen molar-refractivity contribution in [2.75, 3.05) is 6.61 Å². The van der Waals surface area contributed by atoms with E-state index in [9.17, 15) is 14.4 Å². The molecule has 1 aromatic heterocycles. The van der Waals surface area contributed by atoms with E-state index in [1.54, 1.807) is 48.5 Å². The summed E-state index contributed by atoms with van der Waals surface area (Å²) >= 11 is 0. The van der Waals surface area contributed by atoms with Crippen LogP contribution in [-0.4, -0.2) is 18.5 Å². The average Bonchev–Trinajstić information content (AvgIpc) is 2.80. The highest BCUT2D eigenvalue weighted by molar-refractivity contribution is 5.96. The number of carbonyl (C=O) groups is 2. The van der Waals surface area contributed by atoms with E-state index in [2.05, 4.69) is 6.08 Å². The minimum atomic E-state index is -0.888. The molecule has 0 unspecified atom stereocenters. The van der Waals surface area contributed by atoms with Crippen LogP contribution in [0.1, 0.15) is 50.9 Å². The van der Waals surface area contributed by atoms with Crippen molar-refractivity contribution in [1.82, 2.24) is 0 Å². The second-order valence-corrected chi connectivity index (χ2v) is 8.21. The van der Waals surface area contributed by atoms with Gasteiger partial charge in [-0.3, -0.25) is 4.79 Å². The number of benzene rings is 2. The maximum atomic E-state index is 12.8. The quantitative estimate of drug-likeness (QED) is 0.162. The van der Waals surface area contributed by atoms with E-state index >= 15 is 0 Å². The molecule has 0 bridgehead atoms. The van der Waals surface area contributed by atoms with E-state index in [4.69, 9.17) is 18.6 Å². The summed E-state index contributed by atoms with van der Waals surface area (Å²) in [7, 11) is 0. The molecular weight excluding hydrogens is 448 g/mol. The summed E-state index contributed by atoms with van der Waals surface area (Å²) in [6.07, 6.45) is 5.79. The van der Waals surface area contributed by atoms with Crippen LogP contribution in [-0.2, 0) is 4.79 Å². The lowest BCUT2D eigenvalue weighted by Gasteiger charge is -2.14. The Morgan fingerprint density at radius 3 is 2.31 bits per heavy atom. The first-order chi connectivity index (χ1) is 16.8. The highest BCUT2D eigenvalue weighted by atomic mass is 16.6. The molecule has 7 nitrogen and oxygen atoms in total. The van der Waals surface area contributed by atoms with Gasteiger partial charge in [-0.05, 0) is 64.0 Å². The van der Waals surface area contributed by atoms with Gasteiger partial charge in [-0.2, -0.15) is 0 Å². The normalized spacial score (nSPS) is 11.1. The van der Waals surface area contributed by atoms with Gasteiger partial charge in [0.25, 0.3) is 5.75 Å². The van der Waals surface area contributed by atoms with Gasteiger partial charge in [0.1, 0.15) is 23.3 Å². The third-order valence-corrected chi connectivity index (χ3v) is 5.02. The number of fused-ring (bicyclic) bond motifs is 1. The fourth-order valence-electron chi connectivity index (χ4n) is 3.32. The minimum absolute atomic E-state index is 0.0364. The monoisotopic (exact) mass is 476 g/mol. The fraction of sp³-hybridized carbons (Fsp3) is 0.250. The second-order valence-electron chi connectivity index (χ2n) is 8.21. The number of carbonyl (C=O) groups excluding carboxylic acids is 2. The lowest BCUT2D eigenvalue weighted by molar-refractivity contribution is -0.131. The summed E-state index contributed by atoms with van der Waals surface area (Å²) in [5.74, 6) is -1.64. The van der Waals surface area contributed by atoms with E-state index in [0.717, 1.165) is 18.4 Å². The SMILES string of the molecule is CC(=O)Oc1cccc2oc(=O)c(OC(=O)c3ccccc3)c(OCC=C(C)CCC=C(C)C)c12. The summed E-state index contributed by atoms with van der Waals surface area (Å²) in [6.45, 7) is 7.44. The van der Waals surface area contributed by atoms with Gasteiger partial charge in [-0.25, -0.2) is 9.59 Å². The maximum Gasteiger partial charge on any atom is 0.383 e. The zero-order valence-corrected chi connectivity index (χ0v) is 20.3. The Bertz CT molecular complexity index is 1330. The van der Waals surface area contributed by atoms with Gasteiger partial charge in [-0.15, -0.1) is 0 Å². The Morgan fingerprint density at radius 1 is 0.886 bits per heavy atom. The smallest absolute Gasteiger partial charge is 0.383 e. The van der Waals surface area contributed by atoms with Gasteiger partial charge in [-0.1, -0.05) is 41.5 Å². The summed E-state index contributed by atoms with van der Waals surface area (Å²) in [5.41, 5.74) is 1.84. The molecule has 0 radical (unpaired) electrons. The van der Waals surface area contributed by atoms with Gasteiger partial charge >= 0.3 is 17.6 Å². The van der Waals surface area contributed by atoms with Gasteiger partial charge in [0.15, 0.2) is 5.75 Å². The number of rotatable bonds is 9. The first-order valence-electron chi connectivity index (χ1n) is 11.2. The largest absolute Gasteiger partial charge is 0.484 e. The van der Waals surface area contributed by atoms with Crippen molar-refractivity contribution in [2.45, 2.75) is 40.5 Å². The third-order valence-electron chi connectivity index (χ3n) is 5.02. The van der Waals surface area contributed by atoms with Crippen LogP contribution in [0, 0.1) is 0 Å². The molecule has 182 valence electrons. The maximum absolute atomic E-state index is 12.8. The molecule has 0 atom stereocenters. The fourth-order valence-corrected chi connectivity index (χ4v) is 3.32. The average molecular weight is 477 g/mol. The van der Waals surface area contributed by atoms with Crippen molar-refractivity contribution in [3.8, 4) is 17.2 Å². The van der Waals surface area contributed by atoms with E-state index in [1.807, 2.05) is 26.8 Å². The van der Waals surface area contributed by atoms with Gasteiger partial charge in [0.2, 0.25) is 0 Å². The van der Waals surface area contributed by atoms with E-state index in [-0.39, 0.29) is 34.6 Å². The molecule has 0 aliphatic heterocycles. The van der Waals surface area contributed by atoms with Crippen LogP contribution in [0.5, 0.6) is 17.2 Å². The van der Waals surface area contributed by atoms with E-state index in [1.165, 1.54) is 12.5 Å². The van der Waals surface area contributed by atoms with Crippen LogP contribution in [0.4, 0.5) is 0 Å². The first-order valence-corrected chi connectivity index (χ1v) is 11.2. The highest BCUT2D eigenvalue weighted by Crippen LogP contribution is 2.39. The number of esters is 2. The molecule has 0 aliphatic carbocycles.